The number of Topliss-reactive ketones (excluding diaryl/α,β-unsaturated/α-hetero) is 1. The van der Waals surface area contributed by atoms with Crippen LogP contribution in [0.2, 0.25) is 0 Å². The van der Waals surface area contributed by atoms with E-state index < -0.39 is 15.9 Å². The summed E-state index contributed by atoms with van der Waals surface area (Å²) in [7, 11) is -0.244. The van der Waals surface area contributed by atoms with E-state index in [1.165, 1.54) is 38.5 Å². The lowest BCUT2D eigenvalue weighted by atomic mass is 9.44. The number of fused-ring (bicyclic) bond motifs is 5. The second kappa shape index (κ2) is 11.5. The van der Waals surface area contributed by atoms with E-state index in [2.05, 4.69) is 20.8 Å². The predicted molar refractivity (Wildman–Crippen MR) is 150 cm³/mol. The molecule has 8 atom stereocenters. The van der Waals surface area contributed by atoms with Crippen LogP contribution in [0, 0.1) is 46.3 Å². The fourth-order valence-electron chi connectivity index (χ4n) is 9.64. The zero-order valence-corrected chi connectivity index (χ0v) is 25.3. The first-order valence-corrected chi connectivity index (χ1v) is 16.7. The number of ketones is 1. The third-order valence-electron chi connectivity index (χ3n) is 11.8. The normalized spacial score (nSPS) is 37.9. The van der Waals surface area contributed by atoms with Crippen molar-refractivity contribution in [3.63, 3.8) is 0 Å². The molecule has 0 aromatic heterocycles. The lowest BCUT2D eigenvalue weighted by Crippen LogP contribution is -2.53. The first kappa shape index (κ1) is 30.0. The molecule has 218 valence electrons. The van der Waals surface area contributed by atoms with Crippen LogP contribution < -0.4 is 0 Å². The summed E-state index contributed by atoms with van der Waals surface area (Å²) in [6, 6.07) is 0. The molecule has 4 fully saturated rings. The van der Waals surface area contributed by atoms with Crippen molar-refractivity contribution in [1.82, 2.24) is 9.80 Å². The van der Waals surface area contributed by atoms with Crippen molar-refractivity contribution >= 4 is 21.8 Å². The van der Waals surface area contributed by atoms with Gasteiger partial charge in [0.1, 0.15) is 5.78 Å². The first-order chi connectivity index (χ1) is 17.7. The van der Waals surface area contributed by atoms with Crippen molar-refractivity contribution in [2.45, 2.75) is 91.4 Å². The molecule has 0 aromatic carbocycles. The molecule has 7 nitrogen and oxygen atoms in total. The molecule has 4 saturated carbocycles. The zero-order chi connectivity index (χ0) is 27.9. The van der Waals surface area contributed by atoms with E-state index in [0.29, 0.717) is 53.9 Å². The molecule has 38 heavy (non-hydrogen) atoms. The van der Waals surface area contributed by atoms with Crippen LogP contribution in [0.1, 0.15) is 91.4 Å². The molecule has 0 unspecified atom stereocenters. The van der Waals surface area contributed by atoms with Crippen molar-refractivity contribution in [3.8, 4) is 0 Å². The van der Waals surface area contributed by atoms with Crippen molar-refractivity contribution in [2.24, 2.45) is 46.3 Å². The Bertz CT molecular complexity index is 983. The zero-order valence-electron chi connectivity index (χ0n) is 24.5. The largest absolute Gasteiger partial charge is 0.340 e. The van der Waals surface area contributed by atoms with E-state index in [1.54, 1.807) is 4.90 Å². The highest BCUT2D eigenvalue weighted by Crippen LogP contribution is 2.68. The van der Waals surface area contributed by atoms with Crippen LogP contribution in [0.5, 0.6) is 0 Å². The highest BCUT2D eigenvalue weighted by Gasteiger charge is 2.60. The van der Waals surface area contributed by atoms with Crippen LogP contribution in [0.15, 0.2) is 0 Å². The minimum atomic E-state index is -4.11. The van der Waals surface area contributed by atoms with E-state index in [-0.39, 0.29) is 12.5 Å². The molecule has 0 aliphatic heterocycles. The molecule has 4 aliphatic rings. The van der Waals surface area contributed by atoms with Crippen LogP contribution in [-0.2, 0) is 19.7 Å². The Morgan fingerprint density at radius 3 is 2.39 bits per heavy atom. The Morgan fingerprint density at radius 1 is 1.00 bits per heavy atom. The van der Waals surface area contributed by atoms with E-state index in [4.69, 9.17) is 0 Å². The maximum atomic E-state index is 13.1. The van der Waals surface area contributed by atoms with Crippen molar-refractivity contribution < 1.29 is 22.6 Å². The van der Waals surface area contributed by atoms with Crippen molar-refractivity contribution in [1.29, 1.82) is 0 Å². The lowest BCUT2D eigenvalue weighted by Gasteiger charge is -2.60. The van der Waals surface area contributed by atoms with Crippen molar-refractivity contribution in [3.05, 3.63) is 0 Å². The third-order valence-corrected chi connectivity index (χ3v) is 12.5. The fraction of sp³-hybridized carbons (Fsp3) is 0.933. The maximum absolute atomic E-state index is 13.1. The van der Waals surface area contributed by atoms with Gasteiger partial charge in [-0.05, 0) is 112 Å². The van der Waals surface area contributed by atoms with E-state index in [1.807, 2.05) is 19.0 Å². The Morgan fingerprint density at radius 2 is 1.71 bits per heavy atom. The summed E-state index contributed by atoms with van der Waals surface area (Å²) in [4.78, 5) is 28.9. The average molecular weight is 553 g/mol. The molecule has 4 aliphatic carbocycles. The average Bonchev–Trinajstić information content (AvgIpc) is 3.19. The summed E-state index contributed by atoms with van der Waals surface area (Å²) in [5.74, 6) is 4.01. The van der Waals surface area contributed by atoms with Crippen molar-refractivity contribution in [2.75, 3.05) is 39.5 Å². The standard InChI is InChI=1S/C30H52N2O5S/c1-21(6-11-28(34)32(17-16-31(4)5)18-19-38(35,36)37)25-9-10-26-24-8-7-22-20-23(33)12-14-29(22,2)27(24)13-15-30(25,26)3/h21-22,24-27H,6-20H2,1-5H3,(H,35,36,37)/t21-,22-,24+,25-,26+,27+,29+,30-/m1/s1. The summed E-state index contributed by atoms with van der Waals surface area (Å²) in [6.07, 6.45) is 11.5. The molecule has 4 rings (SSSR count). The van der Waals surface area contributed by atoms with Gasteiger partial charge in [-0.1, -0.05) is 20.8 Å². The number of hydrogen-bond acceptors (Lipinski definition) is 5. The van der Waals surface area contributed by atoms with Gasteiger partial charge in [0.2, 0.25) is 5.91 Å². The monoisotopic (exact) mass is 552 g/mol. The Hall–Kier alpha value is -0.990. The molecule has 8 heteroatoms. The minimum absolute atomic E-state index is 0.0103. The highest BCUT2D eigenvalue weighted by molar-refractivity contribution is 7.85. The van der Waals surface area contributed by atoms with Gasteiger partial charge in [-0.15, -0.1) is 0 Å². The lowest BCUT2D eigenvalue weighted by molar-refractivity contribution is -0.140. The number of rotatable bonds is 10. The molecular weight excluding hydrogens is 500 g/mol. The molecule has 1 amide bonds. The van der Waals surface area contributed by atoms with Crippen LogP contribution in [-0.4, -0.2) is 73.9 Å². The molecule has 0 bridgehead atoms. The van der Waals surface area contributed by atoms with E-state index in [9.17, 15) is 22.6 Å². The summed E-state index contributed by atoms with van der Waals surface area (Å²) in [6.45, 7) is 8.54. The van der Waals surface area contributed by atoms with Crippen LogP contribution in [0.25, 0.3) is 0 Å². The van der Waals surface area contributed by atoms with Gasteiger partial charge in [0.05, 0.1) is 5.75 Å². The van der Waals surface area contributed by atoms with E-state index in [0.717, 1.165) is 43.4 Å². The van der Waals surface area contributed by atoms with Gasteiger partial charge >= 0.3 is 0 Å². The molecular formula is C30H52N2O5S. The van der Waals surface area contributed by atoms with Crippen LogP contribution >= 0.6 is 0 Å². The molecule has 1 N–H and O–H groups in total. The first-order valence-electron chi connectivity index (χ1n) is 15.1. The fourth-order valence-corrected chi connectivity index (χ4v) is 10.1. The number of carbonyl (C=O) groups is 2. The molecule has 0 radical (unpaired) electrons. The summed E-state index contributed by atoms with van der Waals surface area (Å²) in [5.41, 5.74) is 0.666. The summed E-state index contributed by atoms with van der Waals surface area (Å²) >= 11 is 0. The van der Waals surface area contributed by atoms with Gasteiger partial charge in [0.25, 0.3) is 10.1 Å². The van der Waals surface area contributed by atoms with Gasteiger partial charge in [0, 0.05) is 38.9 Å². The minimum Gasteiger partial charge on any atom is -0.340 e. The van der Waals surface area contributed by atoms with Crippen LogP contribution in [0.3, 0.4) is 0 Å². The Balaban J connectivity index is 1.37. The number of nitrogens with zero attached hydrogens (tertiary/aromatic N) is 2. The number of hydrogen-bond donors (Lipinski definition) is 1. The maximum Gasteiger partial charge on any atom is 0.266 e. The summed E-state index contributed by atoms with van der Waals surface area (Å²) < 4.78 is 31.8. The number of carbonyl (C=O) groups excluding carboxylic acids is 2. The van der Waals surface area contributed by atoms with E-state index >= 15 is 0 Å². The molecule has 0 spiro atoms. The number of amides is 1. The van der Waals surface area contributed by atoms with Gasteiger partial charge in [-0.3, -0.25) is 14.1 Å². The quantitative estimate of drug-likeness (QED) is 0.387. The van der Waals surface area contributed by atoms with Gasteiger partial charge in [0.15, 0.2) is 0 Å². The number of likely N-dealkylation sites (N-methyl/N-ethyl adjacent to an activating group) is 1. The second-order valence-electron chi connectivity index (χ2n) is 14.1. The van der Waals surface area contributed by atoms with Gasteiger partial charge < -0.3 is 9.80 Å². The predicted octanol–water partition coefficient (Wildman–Crippen LogP) is 4.91. The molecule has 0 aromatic rings. The van der Waals surface area contributed by atoms with Crippen LogP contribution in [0.4, 0.5) is 0 Å². The third kappa shape index (κ3) is 6.17. The molecule has 0 heterocycles. The highest BCUT2D eigenvalue weighted by atomic mass is 32.2. The summed E-state index contributed by atoms with van der Waals surface area (Å²) in [5, 5.41) is 0. The van der Waals surface area contributed by atoms with Gasteiger partial charge in [-0.25, -0.2) is 0 Å². The SMILES string of the molecule is C[C@H](CCC(=O)N(CCN(C)C)CCS(=O)(=O)O)[C@H]1CC[C@H]2[C@@H]3CC[C@@H]4CC(=O)CC[C@]4(C)[C@H]3CC[C@]12C. The smallest absolute Gasteiger partial charge is 0.266 e. The molecule has 0 saturated heterocycles. The Kier molecular flexibility index (Phi) is 9.06. The second-order valence-corrected chi connectivity index (χ2v) is 15.7. The topological polar surface area (TPSA) is 95.0 Å². The Labute approximate surface area is 231 Å². The van der Waals surface area contributed by atoms with Gasteiger partial charge in [-0.2, -0.15) is 8.42 Å².